The summed E-state index contributed by atoms with van der Waals surface area (Å²) >= 11 is 5.83. The van der Waals surface area contributed by atoms with Crippen molar-refractivity contribution in [3.05, 3.63) is 44.6 Å². The highest BCUT2D eigenvalue weighted by Gasteiger charge is 2.13. The fourth-order valence-corrected chi connectivity index (χ4v) is 1.66. The molecule has 78 valence electrons. The minimum Gasteiger partial charge on any atom is -0.424 e. The number of hydrogen-bond acceptors (Lipinski definition) is 3. The average molecular weight is 225 g/mol. The van der Waals surface area contributed by atoms with Gasteiger partial charge in [-0.3, -0.25) is 4.79 Å². The van der Waals surface area contributed by atoms with E-state index in [9.17, 15) is 10.0 Å². The molecule has 0 saturated carbocycles. The lowest BCUT2D eigenvalue weighted by atomic mass is 10.2. The predicted molar refractivity (Wildman–Crippen MR) is 57.1 cm³/mol. The summed E-state index contributed by atoms with van der Waals surface area (Å²) in [5.74, 6) is 0.276. The lowest BCUT2D eigenvalue weighted by molar-refractivity contribution is 0.163. The van der Waals surface area contributed by atoms with Gasteiger partial charge in [0.15, 0.2) is 0 Å². The molecule has 1 aromatic heterocycles. The van der Waals surface area contributed by atoms with Gasteiger partial charge >= 0.3 is 0 Å². The van der Waals surface area contributed by atoms with E-state index in [1.807, 2.05) is 6.08 Å². The molecule has 0 radical (unpaired) electrons. The van der Waals surface area contributed by atoms with Crippen LogP contribution in [0.15, 0.2) is 22.0 Å². The Balaban J connectivity index is 2.77. The Labute approximate surface area is 91.1 Å². The summed E-state index contributed by atoms with van der Waals surface area (Å²) in [5, 5.41) is 9.84. The third-order valence-electron chi connectivity index (χ3n) is 2.21. The Morgan fingerprint density at radius 1 is 1.60 bits per heavy atom. The average Bonchev–Trinajstić information content (AvgIpc) is 2.37. The molecule has 0 bridgehead atoms. The molecule has 0 atom stereocenters. The highest BCUT2D eigenvalue weighted by molar-refractivity contribution is 6.33. The third-order valence-corrected chi connectivity index (χ3v) is 2.44. The van der Waals surface area contributed by atoms with E-state index in [4.69, 9.17) is 11.6 Å². The summed E-state index contributed by atoms with van der Waals surface area (Å²) in [6.45, 7) is 1.57. The van der Waals surface area contributed by atoms with Crippen LogP contribution < -0.4 is 5.56 Å². The van der Waals surface area contributed by atoms with Gasteiger partial charge in [0.2, 0.25) is 0 Å². The van der Waals surface area contributed by atoms with E-state index < -0.39 is 5.56 Å². The monoisotopic (exact) mass is 224 g/mol. The molecule has 0 amide bonds. The highest BCUT2D eigenvalue weighted by atomic mass is 35.5. The van der Waals surface area contributed by atoms with Crippen molar-refractivity contribution in [1.82, 2.24) is 9.71 Å². The lowest BCUT2D eigenvalue weighted by Gasteiger charge is -2.06. The van der Waals surface area contributed by atoms with Crippen molar-refractivity contribution in [3.63, 3.8) is 0 Å². The van der Waals surface area contributed by atoms with Crippen molar-refractivity contribution in [3.8, 4) is 0 Å². The van der Waals surface area contributed by atoms with Gasteiger partial charge in [0.05, 0.1) is 11.3 Å². The number of halogens is 1. The maximum absolute atomic E-state index is 11.7. The van der Waals surface area contributed by atoms with Gasteiger partial charge in [-0.15, -0.1) is 4.73 Å². The largest absolute Gasteiger partial charge is 0.424 e. The zero-order chi connectivity index (χ0) is 11.0. The minimum atomic E-state index is -0.487. The van der Waals surface area contributed by atoms with Gasteiger partial charge in [-0.25, -0.2) is 4.98 Å². The Hall–Kier alpha value is -1.55. The van der Waals surface area contributed by atoms with E-state index in [2.05, 4.69) is 4.98 Å². The maximum Gasteiger partial charge on any atom is 0.293 e. The summed E-state index contributed by atoms with van der Waals surface area (Å²) in [4.78, 5) is 15.8. The maximum atomic E-state index is 11.7. The van der Waals surface area contributed by atoms with Crippen LogP contribution in [0.5, 0.6) is 0 Å². The van der Waals surface area contributed by atoms with E-state index in [1.165, 1.54) is 6.08 Å². The second kappa shape index (κ2) is 3.55. The molecule has 1 N–H and O–H groups in total. The first-order valence-electron chi connectivity index (χ1n) is 4.45. The van der Waals surface area contributed by atoms with E-state index in [0.717, 1.165) is 0 Å². The molecule has 2 rings (SSSR count). The number of nitrogens with zero attached hydrogens (tertiary/aromatic N) is 2. The summed E-state index contributed by atoms with van der Waals surface area (Å²) in [7, 11) is 0. The standard InChI is InChI=1S/C10H9ClN2O2/c1-6-12-9-4-2-3-7(11)5-8(9)10(14)13(6)15/h2-3,5,15H,4H2,1H3. The van der Waals surface area contributed by atoms with Crippen LogP contribution in [0.2, 0.25) is 0 Å². The van der Waals surface area contributed by atoms with Crippen molar-refractivity contribution >= 4 is 17.7 Å². The zero-order valence-corrected chi connectivity index (χ0v) is 8.82. The van der Waals surface area contributed by atoms with E-state index >= 15 is 0 Å². The Morgan fingerprint density at radius 2 is 2.33 bits per heavy atom. The molecule has 0 unspecified atom stereocenters. The Kier molecular flexibility index (Phi) is 2.36. The van der Waals surface area contributed by atoms with Crippen molar-refractivity contribution < 1.29 is 5.21 Å². The van der Waals surface area contributed by atoms with Crippen LogP contribution in [0.3, 0.4) is 0 Å². The summed E-state index contributed by atoms with van der Waals surface area (Å²) in [6, 6.07) is 0. The van der Waals surface area contributed by atoms with E-state index in [0.29, 0.717) is 27.4 Å². The van der Waals surface area contributed by atoms with Crippen molar-refractivity contribution in [2.45, 2.75) is 13.3 Å². The molecular formula is C10H9ClN2O2. The third kappa shape index (κ3) is 1.68. The molecule has 4 nitrogen and oxygen atoms in total. The quantitative estimate of drug-likeness (QED) is 0.680. The normalized spacial score (nSPS) is 14.4. The predicted octanol–water partition coefficient (Wildman–Crippen LogP) is 1.48. The van der Waals surface area contributed by atoms with Gasteiger partial charge in [0, 0.05) is 11.5 Å². The lowest BCUT2D eigenvalue weighted by Crippen LogP contribution is -2.25. The van der Waals surface area contributed by atoms with Gasteiger partial charge in [0.1, 0.15) is 5.82 Å². The zero-order valence-electron chi connectivity index (χ0n) is 8.07. The Bertz CT molecular complexity index is 529. The van der Waals surface area contributed by atoms with Crippen molar-refractivity contribution in [2.75, 3.05) is 0 Å². The molecular weight excluding hydrogens is 216 g/mol. The second-order valence-electron chi connectivity index (χ2n) is 3.27. The number of rotatable bonds is 0. The molecule has 0 fully saturated rings. The topological polar surface area (TPSA) is 55.1 Å². The number of hydrogen-bond donors (Lipinski definition) is 1. The fraction of sp³-hybridized carbons (Fsp3) is 0.200. The van der Waals surface area contributed by atoms with Gasteiger partial charge in [0.25, 0.3) is 5.56 Å². The van der Waals surface area contributed by atoms with Crippen LogP contribution in [0.1, 0.15) is 17.1 Å². The summed E-state index contributed by atoms with van der Waals surface area (Å²) in [5.41, 5.74) is 0.493. The van der Waals surface area contributed by atoms with Crippen LogP contribution in [0.25, 0.3) is 6.08 Å². The number of aryl methyl sites for hydroxylation is 1. The minimum absolute atomic E-state index is 0.276. The number of fused-ring (bicyclic) bond motifs is 1. The van der Waals surface area contributed by atoms with Crippen LogP contribution in [0, 0.1) is 6.92 Å². The van der Waals surface area contributed by atoms with Crippen LogP contribution in [-0.4, -0.2) is 14.9 Å². The molecule has 1 heterocycles. The molecule has 0 aromatic carbocycles. The molecule has 15 heavy (non-hydrogen) atoms. The van der Waals surface area contributed by atoms with Crippen molar-refractivity contribution in [2.24, 2.45) is 0 Å². The molecule has 0 aliphatic heterocycles. The second-order valence-corrected chi connectivity index (χ2v) is 3.71. The van der Waals surface area contributed by atoms with Crippen LogP contribution in [0.4, 0.5) is 0 Å². The summed E-state index contributed by atoms with van der Waals surface area (Å²) in [6.07, 6.45) is 5.60. The highest BCUT2D eigenvalue weighted by Crippen LogP contribution is 2.16. The van der Waals surface area contributed by atoms with Crippen molar-refractivity contribution in [1.29, 1.82) is 0 Å². The molecule has 1 aromatic rings. The van der Waals surface area contributed by atoms with Gasteiger partial charge in [-0.2, -0.15) is 0 Å². The van der Waals surface area contributed by atoms with Gasteiger partial charge < -0.3 is 5.21 Å². The fourth-order valence-electron chi connectivity index (χ4n) is 1.46. The van der Waals surface area contributed by atoms with E-state index in [-0.39, 0.29) is 5.82 Å². The molecule has 1 aliphatic rings. The number of allylic oxidation sites excluding steroid dienone is 3. The molecule has 0 spiro atoms. The first-order valence-corrected chi connectivity index (χ1v) is 4.83. The first kappa shape index (κ1) is 9.98. The van der Waals surface area contributed by atoms with Crippen LogP contribution in [-0.2, 0) is 6.42 Å². The molecule has 0 saturated heterocycles. The summed E-state index contributed by atoms with van der Waals surface area (Å²) < 4.78 is 0.533. The Morgan fingerprint density at radius 3 is 3.07 bits per heavy atom. The SMILES string of the molecule is Cc1nc2c(c(=O)n1O)C=C(Cl)C=CC2. The molecule has 1 aliphatic carbocycles. The first-order chi connectivity index (χ1) is 7.09. The van der Waals surface area contributed by atoms with Crippen LogP contribution >= 0.6 is 11.6 Å². The smallest absolute Gasteiger partial charge is 0.293 e. The molecule has 5 heteroatoms. The van der Waals surface area contributed by atoms with E-state index in [1.54, 1.807) is 13.0 Å². The van der Waals surface area contributed by atoms with Gasteiger partial charge in [-0.05, 0) is 19.1 Å². The number of aromatic nitrogens is 2. The van der Waals surface area contributed by atoms with Gasteiger partial charge in [-0.1, -0.05) is 17.7 Å².